The lowest BCUT2D eigenvalue weighted by Crippen LogP contribution is -2.36. The maximum atomic E-state index is 6.56. The van der Waals surface area contributed by atoms with Crippen LogP contribution in [0.3, 0.4) is 0 Å². The summed E-state index contributed by atoms with van der Waals surface area (Å²) in [5.41, 5.74) is 2.89. The van der Waals surface area contributed by atoms with Crippen LogP contribution in [-0.4, -0.2) is 6.34 Å². The summed E-state index contributed by atoms with van der Waals surface area (Å²) in [5.74, 6) is 0. The van der Waals surface area contributed by atoms with Gasteiger partial charge in [0.15, 0.2) is 0 Å². The number of nitrogens with one attached hydrogen (secondary N) is 1. The van der Waals surface area contributed by atoms with Gasteiger partial charge >= 0.3 is 0 Å². The largest absolute Gasteiger partial charge is 0.354 e. The number of hydrogen-bond acceptors (Lipinski definition) is 3. The van der Waals surface area contributed by atoms with Crippen molar-refractivity contribution >= 4 is 34.3 Å². The number of nitrogens with zero attached hydrogens (tertiary/aromatic N) is 1. The minimum absolute atomic E-state index is 0.240. The maximum absolute atomic E-state index is 6.56. The van der Waals surface area contributed by atoms with Crippen molar-refractivity contribution in [3.63, 3.8) is 0 Å². The Labute approximate surface area is 105 Å². The normalized spacial score (nSPS) is 29.8. The number of aryl methyl sites for hydroxylation is 1. The molecule has 4 heteroatoms. The molecule has 0 saturated carbocycles. The molecule has 1 N–H and O–H groups in total. The van der Waals surface area contributed by atoms with E-state index in [1.54, 1.807) is 17.7 Å². The highest BCUT2D eigenvalue weighted by molar-refractivity contribution is 7.16. The summed E-state index contributed by atoms with van der Waals surface area (Å²) >= 11 is 8.37. The second kappa shape index (κ2) is 3.02. The van der Waals surface area contributed by atoms with Crippen molar-refractivity contribution in [2.24, 2.45) is 4.99 Å². The Bertz CT molecular complexity index is 485. The molecule has 1 aliphatic heterocycles. The molecule has 0 amide bonds. The Morgan fingerprint density at radius 2 is 2.12 bits per heavy atom. The molecular formula is C12H15ClN2S. The second-order valence-electron chi connectivity index (χ2n) is 5.37. The lowest BCUT2D eigenvalue weighted by molar-refractivity contribution is 0.505. The fourth-order valence-corrected chi connectivity index (χ4v) is 4.44. The van der Waals surface area contributed by atoms with E-state index >= 15 is 0 Å². The molecule has 16 heavy (non-hydrogen) atoms. The number of aliphatic imine (C=N–C) groups is 1. The van der Waals surface area contributed by atoms with Crippen LogP contribution in [-0.2, 0) is 16.8 Å². The van der Waals surface area contributed by atoms with Crippen LogP contribution in [0.15, 0.2) is 4.99 Å². The van der Waals surface area contributed by atoms with Gasteiger partial charge in [-0.3, -0.25) is 0 Å². The van der Waals surface area contributed by atoms with Gasteiger partial charge in [-0.15, -0.1) is 11.3 Å². The fraction of sp³-hybridized carbons (Fsp3) is 0.583. The third-order valence-corrected chi connectivity index (χ3v) is 5.06. The number of hydrogen-bond donors (Lipinski definition) is 1. The van der Waals surface area contributed by atoms with Gasteiger partial charge in [0.25, 0.3) is 0 Å². The molecular weight excluding hydrogens is 240 g/mol. The zero-order chi connectivity index (χ0) is 11.6. The third-order valence-electron chi connectivity index (χ3n) is 3.60. The van der Waals surface area contributed by atoms with Crippen LogP contribution in [0.1, 0.15) is 43.2 Å². The van der Waals surface area contributed by atoms with E-state index in [0.29, 0.717) is 0 Å². The predicted octanol–water partition coefficient (Wildman–Crippen LogP) is 3.65. The average molecular weight is 255 g/mol. The van der Waals surface area contributed by atoms with E-state index in [4.69, 9.17) is 11.6 Å². The van der Waals surface area contributed by atoms with E-state index < -0.39 is 5.00 Å². The summed E-state index contributed by atoms with van der Waals surface area (Å²) in [4.78, 5) is 5.39. The van der Waals surface area contributed by atoms with Crippen LogP contribution in [0.25, 0.3) is 0 Å². The smallest absolute Gasteiger partial charge is 0.139 e. The number of halogens is 1. The molecule has 1 aromatic rings. The molecule has 1 unspecified atom stereocenters. The summed E-state index contributed by atoms with van der Waals surface area (Å²) < 4.78 is 0. The molecule has 2 heterocycles. The molecule has 0 aromatic carbocycles. The summed E-state index contributed by atoms with van der Waals surface area (Å²) in [6.45, 7) is 6.62. The Morgan fingerprint density at radius 3 is 2.88 bits per heavy atom. The molecule has 3 rings (SSSR count). The van der Waals surface area contributed by atoms with E-state index in [1.807, 2.05) is 6.92 Å². The van der Waals surface area contributed by atoms with Crippen LogP contribution in [0.4, 0.5) is 5.00 Å². The summed E-state index contributed by atoms with van der Waals surface area (Å²) in [6, 6.07) is 0. The highest BCUT2D eigenvalue weighted by Gasteiger charge is 2.42. The zero-order valence-electron chi connectivity index (χ0n) is 9.72. The van der Waals surface area contributed by atoms with E-state index in [9.17, 15) is 0 Å². The van der Waals surface area contributed by atoms with Crippen molar-refractivity contribution in [2.45, 2.75) is 44.0 Å². The minimum atomic E-state index is -0.497. The van der Waals surface area contributed by atoms with Crippen LogP contribution in [0, 0.1) is 0 Å². The Kier molecular flexibility index (Phi) is 2.00. The lowest BCUT2D eigenvalue weighted by Gasteiger charge is -2.30. The van der Waals surface area contributed by atoms with Gasteiger partial charge in [-0.1, -0.05) is 25.4 Å². The van der Waals surface area contributed by atoms with Gasteiger partial charge < -0.3 is 5.32 Å². The zero-order valence-corrected chi connectivity index (χ0v) is 11.3. The number of alkyl halides is 1. The SMILES string of the molecule is CC1(C)CCc2sc3c(c21)C(C)(Cl)NC=N3. The molecule has 2 nitrogen and oxygen atoms in total. The number of thiophene rings is 1. The molecule has 0 saturated heterocycles. The van der Waals surface area contributed by atoms with Crippen LogP contribution >= 0.6 is 22.9 Å². The van der Waals surface area contributed by atoms with Crippen molar-refractivity contribution in [1.82, 2.24) is 5.32 Å². The molecule has 1 atom stereocenters. The second-order valence-corrected chi connectivity index (χ2v) is 7.21. The van der Waals surface area contributed by atoms with Gasteiger partial charge in [-0.05, 0) is 30.7 Å². The molecule has 1 aliphatic carbocycles. The summed E-state index contributed by atoms with van der Waals surface area (Å²) in [5, 5.41) is 4.24. The van der Waals surface area contributed by atoms with Gasteiger partial charge in [0.05, 0.1) is 6.34 Å². The van der Waals surface area contributed by atoms with E-state index in [0.717, 1.165) is 5.00 Å². The molecule has 0 fully saturated rings. The lowest BCUT2D eigenvalue weighted by atomic mass is 9.83. The quantitative estimate of drug-likeness (QED) is 0.555. The summed E-state index contributed by atoms with van der Waals surface area (Å²) in [7, 11) is 0. The summed E-state index contributed by atoms with van der Waals surface area (Å²) in [6.07, 6.45) is 4.11. The first kappa shape index (κ1) is 10.6. The highest BCUT2D eigenvalue weighted by atomic mass is 35.5. The van der Waals surface area contributed by atoms with Crippen molar-refractivity contribution in [2.75, 3.05) is 0 Å². The highest BCUT2D eigenvalue weighted by Crippen LogP contribution is 2.53. The van der Waals surface area contributed by atoms with Gasteiger partial charge in [-0.2, -0.15) is 0 Å². The topological polar surface area (TPSA) is 24.4 Å². The van der Waals surface area contributed by atoms with Crippen molar-refractivity contribution in [3.05, 3.63) is 16.0 Å². The van der Waals surface area contributed by atoms with E-state index in [-0.39, 0.29) is 5.41 Å². The average Bonchev–Trinajstić information content (AvgIpc) is 2.65. The fourth-order valence-electron chi connectivity index (χ4n) is 2.72. The van der Waals surface area contributed by atoms with Crippen LogP contribution in [0.5, 0.6) is 0 Å². The Balaban J connectivity index is 2.29. The Hall–Kier alpha value is -0.540. The van der Waals surface area contributed by atoms with Crippen molar-refractivity contribution in [1.29, 1.82) is 0 Å². The van der Waals surface area contributed by atoms with Crippen LogP contribution in [0.2, 0.25) is 0 Å². The van der Waals surface area contributed by atoms with Gasteiger partial charge in [0.2, 0.25) is 0 Å². The molecule has 1 aromatic heterocycles. The first-order valence-electron chi connectivity index (χ1n) is 5.57. The van der Waals surface area contributed by atoms with E-state index in [2.05, 4.69) is 24.2 Å². The van der Waals surface area contributed by atoms with Gasteiger partial charge in [-0.25, -0.2) is 4.99 Å². The molecule has 2 aliphatic rings. The number of fused-ring (bicyclic) bond motifs is 3. The van der Waals surface area contributed by atoms with Gasteiger partial charge in [0, 0.05) is 10.4 Å². The Morgan fingerprint density at radius 1 is 1.38 bits per heavy atom. The molecule has 0 radical (unpaired) electrons. The predicted molar refractivity (Wildman–Crippen MR) is 70.2 cm³/mol. The minimum Gasteiger partial charge on any atom is -0.354 e. The maximum Gasteiger partial charge on any atom is 0.139 e. The monoisotopic (exact) mass is 254 g/mol. The van der Waals surface area contributed by atoms with E-state index in [1.165, 1.54) is 28.8 Å². The molecule has 0 bridgehead atoms. The van der Waals surface area contributed by atoms with Crippen LogP contribution < -0.4 is 5.32 Å². The van der Waals surface area contributed by atoms with Crippen molar-refractivity contribution < 1.29 is 0 Å². The molecule has 86 valence electrons. The molecule has 0 spiro atoms. The van der Waals surface area contributed by atoms with Crippen molar-refractivity contribution in [3.8, 4) is 0 Å². The number of rotatable bonds is 0. The first-order valence-corrected chi connectivity index (χ1v) is 6.77. The standard InChI is InChI=1S/C12H15ClN2S/c1-11(2)5-4-7-8(11)9-10(16-7)14-6-15-12(9,3)13/h6H,4-5H2,1-3H3,(H,14,15). The van der Waals surface area contributed by atoms with Gasteiger partial charge in [0.1, 0.15) is 10.00 Å². The first-order chi connectivity index (χ1) is 7.42. The third kappa shape index (κ3) is 1.28.